The number of para-hydroxylation sites is 1. The molecule has 2 aromatic rings. The molecule has 0 unspecified atom stereocenters. The number of aromatic nitrogens is 1. The topological polar surface area (TPSA) is 68.5 Å². The molecule has 2 N–H and O–H groups in total. The summed E-state index contributed by atoms with van der Waals surface area (Å²) in [6, 6.07) is 12.9. The predicted molar refractivity (Wildman–Crippen MR) is 82.2 cm³/mol. The van der Waals surface area contributed by atoms with E-state index in [9.17, 15) is 4.79 Å². The minimum Gasteiger partial charge on any atom is -0.494 e. The van der Waals surface area contributed by atoms with E-state index in [2.05, 4.69) is 4.98 Å². The van der Waals surface area contributed by atoms with Crippen molar-refractivity contribution in [1.29, 1.82) is 0 Å². The molecule has 1 amide bonds. The normalized spacial score (nSPS) is 10.1. The summed E-state index contributed by atoms with van der Waals surface area (Å²) in [6.45, 7) is 1.18. The molecule has 0 fully saturated rings. The smallest absolute Gasteiger partial charge is 0.272 e. The first kappa shape index (κ1) is 14.8. The summed E-state index contributed by atoms with van der Waals surface area (Å²) in [6.07, 6.45) is 2.24. The molecule has 1 aromatic carbocycles. The molecule has 1 aromatic heterocycles. The van der Waals surface area contributed by atoms with Crippen molar-refractivity contribution < 1.29 is 9.53 Å². The standard InChI is InChI=1S/C16H19N3O2/c1-19(16(20)15-9-8-13(17)12-18-15)10-5-11-21-14-6-3-2-4-7-14/h2-4,6-9,12H,5,10-11,17H2,1H3. The molecule has 0 saturated carbocycles. The zero-order chi connectivity index (χ0) is 15.1. The van der Waals surface area contributed by atoms with Gasteiger partial charge in [-0.3, -0.25) is 4.79 Å². The van der Waals surface area contributed by atoms with Crippen molar-refractivity contribution in [2.75, 3.05) is 25.9 Å². The van der Waals surface area contributed by atoms with Crippen LogP contribution in [0.2, 0.25) is 0 Å². The highest BCUT2D eigenvalue weighted by molar-refractivity contribution is 5.92. The second-order valence-corrected chi connectivity index (χ2v) is 4.72. The maximum Gasteiger partial charge on any atom is 0.272 e. The molecule has 0 aliphatic carbocycles. The van der Waals surface area contributed by atoms with Gasteiger partial charge in [-0.1, -0.05) is 18.2 Å². The lowest BCUT2D eigenvalue weighted by Gasteiger charge is -2.16. The molecule has 0 aliphatic rings. The molecule has 0 aliphatic heterocycles. The van der Waals surface area contributed by atoms with E-state index in [1.165, 1.54) is 6.20 Å². The molecule has 0 atom stereocenters. The third kappa shape index (κ3) is 4.49. The van der Waals surface area contributed by atoms with Crippen LogP contribution in [-0.2, 0) is 0 Å². The first-order valence-corrected chi connectivity index (χ1v) is 6.81. The van der Waals surface area contributed by atoms with Gasteiger partial charge in [0.25, 0.3) is 5.91 Å². The van der Waals surface area contributed by atoms with Gasteiger partial charge in [0.15, 0.2) is 0 Å². The first-order chi connectivity index (χ1) is 10.2. The molecule has 0 saturated heterocycles. The summed E-state index contributed by atoms with van der Waals surface area (Å²) in [4.78, 5) is 17.8. The molecule has 110 valence electrons. The quantitative estimate of drug-likeness (QED) is 0.826. The number of hydrogen-bond donors (Lipinski definition) is 1. The number of ether oxygens (including phenoxy) is 1. The van der Waals surface area contributed by atoms with Crippen molar-refractivity contribution in [3.63, 3.8) is 0 Å². The van der Waals surface area contributed by atoms with Gasteiger partial charge in [0.2, 0.25) is 0 Å². The maximum absolute atomic E-state index is 12.1. The van der Waals surface area contributed by atoms with Crippen LogP contribution in [0, 0.1) is 0 Å². The summed E-state index contributed by atoms with van der Waals surface area (Å²) >= 11 is 0. The van der Waals surface area contributed by atoms with Gasteiger partial charge in [0.05, 0.1) is 18.5 Å². The van der Waals surface area contributed by atoms with E-state index in [1.807, 2.05) is 30.3 Å². The Kier molecular flexibility index (Phi) is 5.15. The van der Waals surface area contributed by atoms with E-state index >= 15 is 0 Å². The van der Waals surface area contributed by atoms with E-state index < -0.39 is 0 Å². The van der Waals surface area contributed by atoms with Crippen LogP contribution in [0.15, 0.2) is 48.7 Å². The molecule has 5 heteroatoms. The lowest BCUT2D eigenvalue weighted by atomic mass is 10.3. The van der Waals surface area contributed by atoms with Gasteiger partial charge in [-0.2, -0.15) is 0 Å². The first-order valence-electron chi connectivity index (χ1n) is 6.81. The third-order valence-electron chi connectivity index (χ3n) is 3.00. The van der Waals surface area contributed by atoms with Crippen LogP contribution in [-0.4, -0.2) is 36.0 Å². The van der Waals surface area contributed by atoms with Crippen LogP contribution in [0.25, 0.3) is 0 Å². The lowest BCUT2D eigenvalue weighted by molar-refractivity contribution is 0.0782. The van der Waals surface area contributed by atoms with Crippen LogP contribution < -0.4 is 10.5 Å². The fourth-order valence-corrected chi connectivity index (χ4v) is 1.84. The van der Waals surface area contributed by atoms with Gasteiger partial charge in [-0.25, -0.2) is 4.98 Å². The van der Waals surface area contributed by atoms with Gasteiger partial charge in [0, 0.05) is 13.6 Å². The Morgan fingerprint density at radius 3 is 2.67 bits per heavy atom. The number of nitrogens with zero attached hydrogens (tertiary/aromatic N) is 2. The minimum atomic E-state index is -0.116. The molecule has 0 spiro atoms. The number of amides is 1. The maximum atomic E-state index is 12.1. The Bertz CT molecular complexity index is 570. The zero-order valence-corrected chi connectivity index (χ0v) is 12.0. The predicted octanol–water partition coefficient (Wildman–Crippen LogP) is 2.20. The number of hydrogen-bond acceptors (Lipinski definition) is 4. The molecule has 2 rings (SSSR count). The Balaban J connectivity index is 1.75. The van der Waals surface area contributed by atoms with Crippen molar-refractivity contribution in [1.82, 2.24) is 9.88 Å². The van der Waals surface area contributed by atoms with E-state index in [4.69, 9.17) is 10.5 Å². The zero-order valence-electron chi connectivity index (χ0n) is 12.0. The molecular weight excluding hydrogens is 266 g/mol. The fraction of sp³-hybridized carbons (Fsp3) is 0.250. The van der Waals surface area contributed by atoms with Gasteiger partial charge in [0.1, 0.15) is 11.4 Å². The molecular formula is C16H19N3O2. The Morgan fingerprint density at radius 2 is 2.00 bits per heavy atom. The Labute approximate surface area is 124 Å². The van der Waals surface area contributed by atoms with Crippen molar-refractivity contribution >= 4 is 11.6 Å². The largest absolute Gasteiger partial charge is 0.494 e. The van der Waals surface area contributed by atoms with Crippen LogP contribution >= 0.6 is 0 Å². The molecule has 1 heterocycles. The van der Waals surface area contributed by atoms with Gasteiger partial charge in [-0.05, 0) is 30.7 Å². The van der Waals surface area contributed by atoms with Gasteiger partial charge < -0.3 is 15.4 Å². The van der Waals surface area contributed by atoms with Crippen LogP contribution in [0.5, 0.6) is 5.75 Å². The minimum absolute atomic E-state index is 0.116. The molecule has 5 nitrogen and oxygen atoms in total. The van der Waals surface area contributed by atoms with Crippen molar-refractivity contribution in [3.05, 3.63) is 54.4 Å². The van der Waals surface area contributed by atoms with Crippen LogP contribution in [0.3, 0.4) is 0 Å². The Hall–Kier alpha value is -2.56. The highest BCUT2D eigenvalue weighted by atomic mass is 16.5. The van der Waals surface area contributed by atoms with Crippen LogP contribution in [0.1, 0.15) is 16.9 Å². The number of pyridine rings is 1. The highest BCUT2D eigenvalue weighted by Gasteiger charge is 2.12. The molecule has 0 bridgehead atoms. The highest BCUT2D eigenvalue weighted by Crippen LogP contribution is 2.09. The number of nitrogen functional groups attached to an aromatic ring is 1. The summed E-state index contributed by atoms with van der Waals surface area (Å²) < 4.78 is 5.59. The van der Waals surface area contributed by atoms with E-state index in [0.717, 1.165) is 12.2 Å². The van der Waals surface area contributed by atoms with Crippen LogP contribution in [0.4, 0.5) is 5.69 Å². The summed E-state index contributed by atoms with van der Waals surface area (Å²) in [5, 5.41) is 0. The number of carbonyl (C=O) groups excluding carboxylic acids is 1. The lowest BCUT2D eigenvalue weighted by Crippen LogP contribution is -2.29. The summed E-state index contributed by atoms with van der Waals surface area (Å²) in [7, 11) is 1.75. The van der Waals surface area contributed by atoms with E-state index in [-0.39, 0.29) is 5.91 Å². The van der Waals surface area contributed by atoms with Crippen molar-refractivity contribution in [2.45, 2.75) is 6.42 Å². The molecule has 21 heavy (non-hydrogen) atoms. The van der Waals surface area contributed by atoms with E-state index in [1.54, 1.807) is 24.1 Å². The summed E-state index contributed by atoms with van der Waals surface area (Å²) in [5.41, 5.74) is 6.50. The fourth-order valence-electron chi connectivity index (χ4n) is 1.84. The average Bonchev–Trinajstić information content (AvgIpc) is 2.52. The number of carbonyl (C=O) groups is 1. The SMILES string of the molecule is CN(CCCOc1ccccc1)C(=O)c1ccc(N)cn1. The van der Waals surface area contributed by atoms with Gasteiger partial charge in [-0.15, -0.1) is 0 Å². The Morgan fingerprint density at radius 1 is 1.24 bits per heavy atom. The third-order valence-corrected chi connectivity index (χ3v) is 3.00. The van der Waals surface area contributed by atoms with Crippen molar-refractivity contribution in [3.8, 4) is 5.75 Å². The summed E-state index contributed by atoms with van der Waals surface area (Å²) in [5.74, 6) is 0.724. The second kappa shape index (κ2) is 7.28. The monoisotopic (exact) mass is 285 g/mol. The second-order valence-electron chi connectivity index (χ2n) is 4.72. The number of nitrogens with two attached hydrogens (primary N) is 1. The molecule has 0 radical (unpaired) electrons. The van der Waals surface area contributed by atoms with E-state index in [0.29, 0.717) is 24.5 Å². The number of rotatable bonds is 6. The van der Waals surface area contributed by atoms with Gasteiger partial charge >= 0.3 is 0 Å². The number of benzene rings is 1. The average molecular weight is 285 g/mol. The number of anilines is 1. The van der Waals surface area contributed by atoms with Crippen molar-refractivity contribution in [2.24, 2.45) is 0 Å².